The Morgan fingerprint density at radius 1 is 1.44 bits per heavy atom. The molecule has 1 aliphatic rings. The van der Waals surface area contributed by atoms with Crippen LogP contribution in [0.15, 0.2) is 35.5 Å². The molecule has 0 radical (unpaired) electrons. The SMILES string of the molecule is COC(=O)[C@@]1(C)CC(c2ccccc2)=NO1. The summed E-state index contributed by atoms with van der Waals surface area (Å²) < 4.78 is 4.68. The van der Waals surface area contributed by atoms with Gasteiger partial charge in [0.25, 0.3) is 0 Å². The third kappa shape index (κ3) is 1.78. The largest absolute Gasteiger partial charge is 0.466 e. The number of rotatable bonds is 2. The van der Waals surface area contributed by atoms with Crippen LogP contribution in [0.3, 0.4) is 0 Å². The van der Waals surface area contributed by atoms with Gasteiger partial charge in [-0.25, -0.2) is 4.79 Å². The quantitative estimate of drug-likeness (QED) is 0.712. The summed E-state index contributed by atoms with van der Waals surface area (Å²) in [6.45, 7) is 1.68. The predicted molar refractivity (Wildman–Crippen MR) is 59.1 cm³/mol. The molecule has 0 aliphatic carbocycles. The van der Waals surface area contributed by atoms with E-state index >= 15 is 0 Å². The van der Waals surface area contributed by atoms with Gasteiger partial charge in [0, 0.05) is 6.42 Å². The molecule has 4 heteroatoms. The Balaban J connectivity index is 2.17. The van der Waals surface area contributed by atoms with Crippen molar-refractivity contribution in [3.8, 4) is 0 Å². The topological polar surface area (TPSA) is 47.9 Å². The highest BCUT2D eigenvalue weighted by Crippen LogP contribution is 2.27. The Morgan fingerprint density at radius 3 is 2.75 bits per heavy atom. The van der Waals surface area contributed by atoms with Gasteiger partial charge < -0.3 is 9.57 Å². The molecule has 1 aromatic rings. The summed E-state index contributed by atoms with van der Waals surface area (Å²) in [5.74, 6) is -0.401. The Labute approximate surface area is 93.9 Å². The molecule has 2 rings (SSSR count). The van der Waals surface area contributed by atoms with Crippen LogP contribution in [-0.4, -0.2) is 24.4 Å². The Morgan fingerprint density at radius 2 is 2.12 bits per heavy atom. The van der Waals surface area contributed by atoms with Gasteiger partial charge in [-0.2, -0.15) is 0 Å². The van der Waals surface area contributed by atoms with E-state index in [1.807, 2.05) is 30.3 Å². The Bertz CT molecular complexity index is 427. The summed E-state index contributed by atoms with van der Waals surface area (Å²) in [6.07, 6.45) is 0.434. The van der Waals surface area contributed by atoms with Crippen molar-refractivity contribution in [3.05, 3.63) is 35.9 Å². The third-order valence-electron chi connectivity index (χ3n) is 2.59. The number of ether oxygens (including phenoxy) is 1. The van der Waals surface area contributed by atoms with E-state index in [1.54, 1.807) is 6.92 Å². The lowest BCUT2D eigenvalue weighted by atomic mass is 9.96. The summed E-state index contributed by atoms with van der Waals surface area (Å²) in [6, 6.07) is 9.65. The van der Waals surface area contributed by atoms with Gasteiger partial charge in [-0.15, -0.1) is 0 Å². The number of hydrogen-bond acceptors (Lipinski definition) is 4. The van der Waals surface area contributed by atoms with Crippen molar-refractivity contribution >= 4 is 11.7 Å². The first kappa shape index (κ1) is 10.7. The molecule has 0 saturated heterocycles. The molecular formula is C12H13NO3. The molecular weight excluding hydrogens is 206 g/mol. The minimum absolute atomic E-state index is 0.401. The molecule has 0 bridgehead atoms. The molecule has 84 valence electrons. The standard InChI is InChI=1S/C12H13NO3/c1-12(11(14)15-2)8-10(13-16-12)9-6-4-3-5-7-9/h3-7H,8H2,1-2H3/t12-/m1/s1. The van der Waals surface area contributed by atoms with Crippen molar-refractivity contribution in [1.29, 1.82) is 0 Å². The van der Waals surface area contributed by atoms with E-state index in [0.29, 0.717) is 6.42 Å². The molecule has 0 amide bonds. The molecule has 0 spiro atoms. The number of esters is 1. The molecule has 1 aromatic carbocycles. The maximum atomic E-state index is 11.5. The van der Waals surface area contributed by atoms with Gasteiger partial charge in [-0.05, 0) is 12.5 Å². The molecule has 0 fully saturated rings. The molecule has 0 saturated carbocycles. The van der Waals surface area contributed by atoms with E-state index in [4.69, 9.17) is 4.84 Å². The van der Waals surface area contributed by atoms with Crippen molar-refractivity contribution in [3.63, 3.8) is 0 Å². The van der Waals surface area contributed by atoms with Crippen LogP contribution in [0, 0.1) is 0 Å². The van der Waals surface area contributed by atoms with Crippen molar-refractivity contribution in [1.82, 2.24) is 0 Å². The van der Waals surface area contributed by atoms with Crippen molar-refractivity contribution in [2.45, 2.75) is 18.9 Å². The molecule has 4 nitrogen and oxygen atoms in total. The minimum Gasteiger partial charge on any atom is -0.466 e. The third-order valence-corrected chi connectivity index (χ3v) is 2.59. The van der Waals surface area contributed by atoms with E-state index in [9.17, 15) is 4.79 Å². The van der Waals surface area contributed by atoms with Gasteiger partial charge in [0.2, 0.25) is 5.60 Å². The number of carbonyl (C=O) groups excluding carboxylic acids is 1. The summed E-state index contributed by atoms with van der Waals surface area (Å²) in [7, 11) is 1.34. The summed E-state index contributed by atoms with van der Waals surface area (Å²) in [4.78, 5) is 16.7. The first-order chi connectivity index (χ1) is 7.65. The lowest BCUT2D eigenvalue weighted by molar-refractivity contribution is -0.164. The smallest absolute Gasteiger partial charge is 0.353 e. The van der Waals surface area contributed by atoms with E-state index in [1.165, 1.54) is 7.11 Å². The van der Waals surface area contributed by atoms with Gasteiger partial charge >= 0.3 is 5.97 Å². The van der Waals surface area contributed by atoms with Crippen LogP contribution >= 0.6 is 0 Å². The fourth-order valence-electron chi connectivity index (χ4n) is 1.65. The minimum atomic E-state index is -0.986. The molecule has 1 aliphatic heterocycles. The van der Waals surface area contributed by atoms with E-state index < -0.39 is 11.6 Å². The van der Waals surface area contributed by atoms with Gasteiger partial charge in [0.1, 0.15) is 0 Å². The van der Waals surface area contributed by atoms with Crippen LogP contribution in [0.1, 0.15) is 18.9 Å². The molecule has 1 atom stereocenters. The monoisotopic (exact) mass is 219 g/mol. The average Bonchev–Trinajstić information content (AvgIpc) is 2.73. The van der Waals surface area contributed by atoms with Crippen LogP contribution < -0.4 is 0 Å². The highest BCUT2D eigenvalue weighted by atomic mass is 16.7. The fourth-order valence-corrected chi connectivity index (χ4v) is 1.65. The van der Waals surface area contributed by atoms with E-state index in [0.717, 1.165) is 11.3 Å². The van der Waals surface area contributed by atoms with Crippen molar-refractivity contribution < 1.29 is 14.4 Å². The number of methoxy groups -OCH3 is 1. The maximum absolute atomic E-state index is 11.5. The van der Waals surface area contributed by atoms with Crippen molar-refractivity contribution in [2.24, 2.45) is 5.16 Å². The lowest BCUT2D eigenvalue weighted by Gasteiger charge is -2.17. The van der Waals surface area contributed by atoms with Crippen LogP contribution in [-0.2, 0) is 14.4 Å². The number of benzene rings is 1. The average molecular weight is 219 g/mol. The van der Waals surface area contributed by atoms with Gasteiger partial charge in [0.15, 0.2) is 0 Å². The second-order valence-corrected chi connectivity index (χ2v) is 3.89. The molecule has 16 heavy (non-hydrogen) atoms. The number of oxime groups is 1. The summed E-state index contributed by atoms with van der Waals surface area (Å²) in [5, 5.41) is 3.94. The highest BCUT2D eigenvalue weighted by Gasteiger charge is 2.43. The normalized spacial score (nSPS) is 23.5. The number of hydrogen-bond donors (Lipinski definition) is 0. The van der Waals surface area contributed by atoms with Crippen LogP contribution in [0.4, 0.5) is 0 Å². The molecule has 1 heterocycles. The number of carbonyl (C=O) groups is 1. The van der Waals surface area contributed by atoms with Crippen LogP contribution in [0.5, 0.6) is 0 Å². The maximum Gasteiger partial charge on any atom is 0.353 e. The van der Waals surface area contributed by atoms with Gasteiger partial charge in [-0.3, -0.25) is 0 Å². The Hall–Kier alpha value is -1.84. The van der Waals surface area contributed by atoms with Crippen LogP contribution in [0.2, 0.25) is 0 Å². The second-order valence-electron chi connectivity index (χ2n) is 3.89. The first-order valence-corrected chi connectivity index (χ1v) is 5.04. The predicted octanol–water partition coefficient (Wildman–Crippen LogP) is 1.74. The zero-order valence-electron chi connectivity index (χ0n) is 9.27. The van der Waals surface area contributed by atoms with E-state index in [-0.39, 0.29) is 0 Å². The number of nitrogens with zero attached hydrogens (tertiary/aromatic N) is 1. The van der Waals surface area contributed by atoms with Crippen LogP contribution in [0.25, 0.3) is 0 Å². The molecule has 0 unspecified atom stereocenters. The molecule has 0 aromatic heterocycles. The molecule has 0 N–H and O–H groups in total. The highest BCUT2D eigenvalue weighted by molar-refractivity contribution is 6.04. The summed E-state index contributed by atoms with van der Waals surface area (Å²) in [5.41, 5.74) is 0.753. The van der Waals surface area contributed by atoms with Gasteiger partial charge in [0.05, 0.1) is 12.8 Å². The first-order valence-electron chi connectivity index (χ1n) is 5.04. The van der Waals surface area contributed by atoms with E-state index in [2.05, 4.69) is 9.89 Å². The summed E-state index contributed by atoms with van der Waals surface area (Å²) >= 11 is 0. The zero-order chi connectivity index (χ0) is 11.6. The van der Waals surface area contributed by atoms with Crippen molar-refractivity contribution in [2.75, 3.05) is 7.11 Å². The second kappa shape index (κ2) is 3.96. The van der Waals surface area contributed by atoms with Gasteiger partial charge in [-0.1, -0.05) is 35.5 Å². The Kier molecular flexibility index (Phi) is 2.64. The lowest BCUT2D eigenvalue weighted by Crippen LogP contribution is -2.36. The zero-order valence-corrected chi connectivity index (χ0v) is 9.27. The fraction of sp³-hybridized carbons (Fsp3) is 0.333.